The zero-order valence-corrected chi connectivity index (χ0v) is 12.5. The molecule has 0 heterocycles. The van der Waals surface area contributed by atoms with Gasteiger partial charge in [0, 0.05) is 21.9 Å². The fraction of sp³-hybridized carbons (Fsp3) is 0.188. The fourth-order valence-corrected chi connectivity index (χ4v) is 2.98. The Balaban J connectivity index is 2.10. The maximum Gasteiger partial charge on any atom is 0.248 e. The minimum Gasteiger partial charge on any atom is -0.399 e. The molecule has 0 saturated heterocycles. The zero-order chi connectivity index (χ0) is 14.7. The number of nitrogen functional groups attached to an aromatic ring is 1. The molecule has 20 heavy (non-hydrogen) atoms. The number of anilines is 1. The van der Waals surface area contributed by atoms with Crippen molar-refractivity contribution in [3.8, 4) is 0 Å². The standard InChI is InChI=1S/C16H18N2OS/c1-10-7-12(16(18)19)3-4-13(10)9-20-14-5-6-15(17)11(2)8-14/h3-8H,9,17H2,1-2H3,(H2,18,19). The van der Waals surface area contributed by atoms with Gasteiger partial charge in [0.15, 0.2) is 0 Å². The van der Waals surface area contributed by atoms with E-state index in [1.54, 1.807) is 17.8 Å². The molecule has 104 valence electrons. The molecule has 0 aliphatic rings. The SMILES string of the molecule is Cc1cc(SCc2ccc(C(N)=O)cc2C)ccc1N. The van der Waals surface area contributed by atoms with Crippen LogP contribution in [-0.4, -0.2) is 5.91 Å². The van der Waals surface area contributed by atoms with Crippen molar-refractivity contribution in [1.29, 1.82) is 0 Å². The quantitative estimate of drug-likeness (QED) is 0.669. The van der Waals surface area contributed by atoms with Crippen LogP contribution in [0.3, 0.4) is 0 Å². The number of rotatable bonds is 4. The largest absolute Gasteiger partial charge is 0.399 e. The second-order valence-corrected chi connectivity index (χ2v) is 5.86. The first kappa shape index (κ1) is 14.5. The van der Waals surface area contributed by atoms with E-state index in [4.69, 9.17) is 11.5 Å². The van der Waals surface area contributed by atoms with Crippen molar-refractivity contribution in [2.45, 2.75) is 24.5 Å². The Labute approximate surface area is 123 Å². The lowest BCUT2D eigenvalue weighted by Gasteiger charge is -2.08. The minimum absolute atomic E-state index is 0.388. The minimum atomic E-state index is -0.388. The molecule has 3 nitrogen and oxygen atoms in total. The lowest BCUT2D eigenvalue weighted by Crippen LogP contribution is -2.11. The van der Waals surface area contributed by atoms with Crippen molar-refractivity contribution < 1.29 is 4.79 Å². The maximum atomic E-state index is 11.1. The molecule has 2 aromatic rings. The van der Waals surface area contributed by atoms with Gasteiger partial charge in [0.1, 0.15) is 0 Å². The van der Waals surface area contributed by atoms with E-state index in [1.807, 2.05) is 38.1 Å². The Hall–Kier alpha value is -1.94. The van der Waals surface area contributed by atoms with Gasteiger partial charge in [-0.25, -0.2) is 0 Å². The van der Waals surface area contributed by atoms with E-state index >= 15 is 0 Å². The normalized spacial score (nSPS) is 10.5. The first-order valence-electron chi connectivity index (χ1n) is 6.35. The highest BCUT2D eigenvalue weighted by Crippen LogP contribution is 2.27. The summed E-state index contributed by atoms with van der Waals surface area (Å²) in [4.78, 5) is 12.3. The first-order chi connectivity index (χ1) is 9.47. The number of carbonyl (C=O) groups is 1. The van der Waals surface area contributed by atoms with Crippen molar-refractivity contribution in [2.24, 2.45) is 5.73 Å². The molecule has 0 spiro atoms. The van der Waals surface area contributed by atoms with Gasteiger partial charge in [-0.15, -0.1) is 11.8 Å². The fourth-order valence-electron chi connectivity index (χ4n) is 1.91. The molecule has 4 heteroatoms. The molecule has 0 fully saturated rings. The number of thioether (sulfide) groups is 1. The Morgan fingerprint density at radius 1 is 1.10 bits per heavy atom. The molecule has 0 radical (unpaired) electrons. The highest BCUT2D eigenvalue weighted by atomic mass is 32.2. The van der Waals surface area contributed by atoms with E-state index in [1.165, 1.54) is 10.5 Å². The van der Waals surface area contributed by atoms with Crippen LogP contribution in [0, 0.1) is 13.8 Å². The third-order valence-electron chi connectivity index (χ3n) is 3.26. The van der Waals surface area contributed by atoms with E-state index in [0.717, 1.165) is 22.6 Å². The van der Waals surface area contributed by atoms with Crippen LogP contribution in [0.4, 0.5) is 5.69 Å². The highest BCUT2D eigenvalue weighted by molar-refractivity contribution is 7.98. The van der Waals surface area contributed by atoms with E-state index in [-0.39, 0.29) is 5.91 Å². The van der Waals surface area contributed by atoms with Crippen LogP contribution >= 0.6 is 11.8 Å². The van der Waals surface area contributed by atoms with Crippen LogP contribution in [0.25, 0.3) is 0 Å². The first-order valence-corrected chi connectivity index (χ1v) is 7.34. The average Bonchev–Trinajstić information content (AvgIpc) is 2.41. The predicted molar refractivity (Wildman–Crippen MR) is 84.8 cm³/mol. The molecule has 4 N–H and O–H groups in total. The van der Waals surface area contributed by atoms with Crippen LogP contribution in [0.1, 0.15) is 27.0 Å². The molecule has 2 rings (SSSR count). The summed E-state index contributed by atoms with van der Waals surface area (Å²) in [7, 11) is 0. The number of aryl methyl sites for hydroxylation is 2. The smallest absolute Gasteiger partial charge is 0.248 e. The number of carbonyl (C=O) groups excluding carboxylic acids is 1. The van der Waals surface area contributed by atoms with Crippen LogP contribution < -0.4 is 11.5 Å². The van der Waals surface area contributed by atoms with Crippen molar-refractivity contribution >= 4 is 23.4 Å². The number of hydrogen-bond donors (Lipinski definition) is 2. The molecular weight excluding hydrogens is 268 g/mol. The maximum absolute atomic E-state index is 11.1. The van der Waals surface area contributed by atoms with Gasteiger partial charge in [-0.3, -0.25) is 4.79 Å². The van der Waals surface area contributed by atoms with Gasteiger partial charge < -0.3 is 11.5 Å². The Morgan fingerprint density at radius 3 is 2.45 bits per heavy atom. The van der Waals surface area contributed by atoms with Gasteiger partial charge in [-0.1, -0.05) is 6.07 Å². The zero-order valence-electron chi connectivity index (χ0n) is 11.6. The van der Waals surface area contributed by atoms with E-state index in [2.05, 4.69) is 6.07 Å². The van der Waals surface area contributed by atoms with Crippen molar-refractivity contribution in [1.82, 2.24) is 0 Å². The lowest BCUT2D eigenvalue weighted by atomic mass is 10.1. The second kappa shape index (κ2) is 6.01. The summed E-state index contributed by atoms with van der Waals surface area (Å²) >= 11 is 1.75. The molecule has 0 aliphatic heterocycles. The summed E-state index contributed by atoms with van der Waals surface area (Å²) in [6, 6.07) is 11.6. The summed E-state index contributed by atoms with van der Waals surface area (Å²) in [6.07, 6.45) is 0. The van der Waals surface area contributed by atoms with Crippen LogP contribution in [-0.2, 0) is 5.75 Å². The number of hydrogen-bond acceptors (Lipinski definition) is 3. The number of amides is 1. The van der Waals surface area contributed by atoms with Gasteiger partial charge in [0.05, 0.1) is 0 Å². The summed E-state index contributed by atoms with van der Waals surface area (Å²) in [5, 5.41) is 0. The second-order valence-electron chi connectivity index (χ2n) is 4.81. The topological polar surface area (TPSA) is 69.1 Å². The third kappa shape index (κ3) is 3.33. The molecule has 0 aromatic heterocycles. The van der Waals surface area contributed by atoms with Crippen molar-refractivity contribution in [3.05, 3.63) is 58.7 Å². The summed E-state index contributed by atoms with van der Waals surface area (Å²) in [5.41, 5.74) is 15.8. The lowest BCUT2D eigenvalue weighted by molar-refractivity contribution is 0.1000. The van der Waals surface area contributed by atoms with Crippen molar-refractivity contribution in [3.63, 3.8) is 0 Å². The number of benzene rings is 2. The van der Waals surface area contributed by atoms with E-state index < -0.39 is 0 Å². The van der Waals surface area contributed by atoms with E-state index in [9.17, 15) is 4.79 Å². The monoisotopic (exact) mass is 286 g/mol. The summed E-state index contributed by atoms with van der Waals surface area (Å²) < 4.78 is 0. The Bertz CT molecular complexity index is 653. The molecule has 2 aromatic carbocycles. The number of nitrogens with two attached hydrogens (primary N) is 2. The molecular formula is C16H18N2OS. The van der Waals surface area contributed by atoms with E-state index in [0.29, 0.717) is 5.56 Å². The third-order valence-corrected chi connectivity index (χ3v) is 4.31. The van der Waals surface area contributed by atoms with Crippen LogP contribution in [0.15, 0.2) is 41.3 Å². The molecule has 0 aliphatic carbocycles. The highest BCUT2D eigenvalue weighted by Gasteiger charge is 2.05. The molecule has 0 bridgehead atoms. The predicted octanol–water partition coefficient (Wildman–Crippen LogP) is 3.28. The Kier molecular flexibility index (Phi) is 4.35. The van der Waals surface area contributed by atoms with Gasteiger partial charge in [-0.05, 0) is 60.9 Å². The van der Waals surface area contributed by atoms with Gasteiger partial charge >= 0.3 is 0 Å². The molecule has 0 unspecified atom stereocenters. The molecule has 0 atom stereocenters. The van der Waals surface area contributed by atoms with Crippen LogP contribution in [0.2, 0.25) is 0 Å². The Morgan fingerprint density at radius 2 is 1.85 bits per heavy atom. The van der Waals surface area contributed by atoms with Gasteiger partial charge in [-0.2, -0.15) is 0 Å². The van der Waals surface area contributed by atoms with Crippen LogP contribution in [0.5, 0.6) is 0 Å². The molecule has 0 saturated carbocycles. The van der Waals surface area contributed by atoms with Crippen molar-refractivity contribution in [2.75, 3.05) is 5.73 Å². The molecule has 1 amide bonds. The summed E-state index contributed by atoms with van der Waals surface area (Å²) in [5.74, 6) is 0.468. The van der Waals surface area contributed by atoms with Gasteiger partial charge in [0.25, 0.3) is 0 Å². The number of primary amides is 1. The average molecular weight is 286 g/mol. The summed E-state index contributed by atoms with van der Waals surface area (Å²) in [6.45, 7) is 4.00. The van der Waals surface area contributed by atoms with Gasteiger partial charge in [0.2, 0.25) is 5.91 Å².